The van der Waals surface area contributed by atoms with Crippen LogP contribution in [0.15, 0.2) is 12.2 Å². The van der Waals surface area contributed by atoms with E-state index in [1.165, 1.54) is 39.0 Å². The Kier molecular flexibility index (Phi) is 3.90. The van der Waals surface area contributed by atoms with E-state index >= 15 is 0 Å². The largest absolute Gasteiger partial charge is 0.298 e. The molecule has 0 spiro atoms. The van der Waals surface area contributed by atoms with Crippen molar-refractivity contribution in [1.29, 1.82) is 0 Å². The lowest BCUT2D eigenvalue weighted by Crippen LogP contribution is -2.49. The van der Waals surface area contributed by atoms with Gasteiger partial charge in [0.25, 0.3) is 0 Å². The summed E-state index contributed by atoms with van der Waals surface area (Å²) in [5.74, 6) is 0.864. The van der Waals surface area contributed by atoms with Crippen molar-refractivity contribution in [1.82, 2.24) is 9.80 Å². The average molecular weight is 212 g/mol. The van der Waals surface area contributed by atoms with Crippen LogP contribution in [0.2, 0.25) is 0 Å². The summed E-state index contributed by atoms with van der Waals surface area (Å²) in [6, 6.07) is 0.855. The predicted octanol–water partition coefficient (Wildman–Crippen LogP) is 1.25. The minimum absolute atomic E-state index is 0.855. The molecule has 2 aliphatic heterocycles. The number of nitrogens with zero attached hydrogens (tertiary/aromatic N) is 2. The quantitative estimate of drug-likeness (QED) is 0.556. The zero-order chi connectivity index (χ0) is 9.80. The summed E-state index contributed by atoms with van der Waals surface area (Å²) < 4.78 is 0. The van der Waals surface area contributed by atoms with Gasteiger partial charge >= 0.3 is 0 Å². The van der Waals surface area contributed by atoms with E-state index in [2.05, 4.69) is 34.6 Å². The van der Waals surface area contributed by atoms with Gasteiger partial charge in [-0.2, -0.15) is 12.6 Å². The van der Waals surface area contributed by atoms with Gasteiger partial charge in [0.15, 0.2) is 0 Å². The highest BCUT2D eigenvalue weighted by molar-refractivity contribution is 7.80. The lowest BCUT2D eigenvalue weighted by atomic mass is 10.1. The van der Waals surface area contributed by atoms with Crippen molar-refractivity contribution in [3.05, 3.63) is 12.2 Å². The summed E-state index contributed by atoms with van der Waals surface area (Å²) in [7, 11) is 0. The SMILES string of the molecule is SCC=CCN1CCN2CCCC2C1. The normalized spacial score (nSPS) is 29.9. The maximum Gasteiger partial charge on any atom is 0.0224 e. The molecule has 0 aromatic heterocycles. The molecule has 2 fully saturated rings. The van der Waals surface area contributed by atoms with Crippen LogP contribution in [0.1, 0.15) is 12.8 Å². The van der Waals surface area contributed by atoms with Gasteiger partial charge in [-0.3, -0.25) is 9.80 Å². The number of hydrogen-bond acceptors (Lipinski definition) is 3. The van der Waals surface area contributed by atoms with Gasteiger partial charge in [0.1, 0.15) is 0 Å². The van der Waals surface area contributed by atoms with Crippen molar-refractivity contribution in [3.63, 3.8) is 0 Å². The van der Waals surface area contributed by atoms with E-state index in [0.717, 1.165) is 18.3 Å². The molecule has 80 valence electrons. The molecule has 3 heteroatoms. The fourth-order valence-electron chi connectivity index (χ4n) is 2.52. The topological polar surface area (TPSA) is 6.48 Å². The summed E-state index contributed by atoms with van der Waals surface area (Å²) in [6.45, 7) is 6.25. The molecule has 0 aromatic rings. The predicted molar refractivity (Wildman–Crippen MR) is 64.0 cm³/mol. The lowest BCUT2D eigenvalue weighted by molar-refractivity contribution is 0.114. The molecule has 14 heavy (non-hydrogen) atoms. The Morgan fingerprint density at radius 3 is 3.00 bits per heavy atom. The maximum absolute atomic E-state index is 4.17. The van der Waals surface area contributed by atoms with Crippen molar-refractivity contribution in [3.8, 4) is 0 Å². The molecule has 0 aromatic carbocycles. The molecular formula is C11H20N2S. The van der Waals surface area contributed by atoms with Crippen molar-refractivity contribution in [2.75, 3.05) is 38.5 Å². The second-order valence-electron chi connectivity index (χ2n) is 4.25. The van der Waals surface area contributed by atoms with E-state index in [-0.39, 0.29) is 0 Å². The molecular weight excluding hydrogens is 192 g/mol. The van der Waals surface area contributed by atoms with Gasteiger partial charge in [0, 0.05) is 38.0 Å². The van der Waals surface area contributed by atoms with E-state index in [0.29, 0.717) is 0 Å². The number of rotatable bonds is 3. The van der Waals surface area contributed by atoms with E-state index in [4.69, 9.17) is 0 Å². The molecule has 2 saturated heterocycles. The van der Waals surface area contributed by atoms with E-state index in [1.807, 2.05) is 0 Å². The maximum atomic E-state index is 4.17. The number of piperazine rings is 1. The van der Waals surface area contributed by atoms with Crippen LogP contribution in [-0.4, -0.2) is 54.3 Å². The summed E-state index contributed by atoms with van der Waals surface area (Å²) in [5.41, 5.74) is 0. The highest BCUT2D eigenvalue weighted by atomic mass is 32.1. The van der Waals surface area contributed by atoms with Crippen LogP contribution in [0.4, 0.5) is 0 Å². The Balaban J connectivity index is 1.77. The van der Waals surface area contributed by atoms with Crippen LogP contribution in [0.3, 0.4) is 0 Å². The first-order chi connectivity index (χ1) is 6.90. The first-order valence-electron chi connectivity index (χ1n) is 5.62. The van der Waals surface area contributed by atoms with E-state index in [9.17, 15) is 0 Å². The lowest BCUT2D eigenvalue weighted by Gasteiger charge is -2.36. The van der Waals surface area contributed by atoms with Crippen LogP contribution in [0.5, 0.6) is 0 Å². The van der Waals surface area contributed by atoms with Gasteiger partial charge in [-0.25, -0.2) is 0 Å². The Morgan fingerprint density at radius 1 is 1.21 bits per heavy atom. The Hall–Kier alpha value is 0.01000. The summed E-state index contributed by atoms with van der Waals surface area (Å²) in [4.78, 5) is 5.21. The van der Waals surface area contributed by atoms with Gasteiger partial charge in [-0.15, -0.1) is 0 Å². The molecule has 0 aliphatic carbocycles. The highest BCUT2D eigenvalue weighted by Crippen LogP contribution is 2.21. The van der Waals surface area contributed by atoms with Gasteiger partial charge in [-0.1, -0.05) is 12.2 Å². The Morgan fingerprint density at radius 2 is 2.14 bits per heavy atom. The fourth-order valence-corrected chi connectivity index (χ4v) is 2.67. The fraction of sp³-hybridized carbons (Fsp3) is 0.818. The smallest absolute Gasteiger partial charge is 0.0224 e. The van der Waals surface area contributed by atoms with Gasteiger partial charge < -0.3 is 0 Å². The van der Waals surface area contributed by atoms with Gasteiger partial charge in [0.05, 0.1) is 0 Å². The number of thiol groups is 1. The molecule has 0 bridgehead atoms. The molecule has 0 amide bonds. The van der Waals surface area contributed by atoms with Crippen LogP contribution < -0.4 is 0 Å². The minimum atomic E-state index is 0.855. The Labute approximate surface area is 92.4 Å². The van der Waals surface area contributed by atoms with Gasteiger partial charge in [-0.05, 0) is 19.4 Å². The van der Waals surface area contributed by atoms with Crippen molar-refractivity contribution >= 4 is 12.6 Å². The molecule has 0 radical (unpaired) electrons. The summed E-state index contributed by atoms with van der Waals surface area (Å²) in [6.07, 6.45) is 7.21. The second kappa shape index (κ2) is 5.19. The highest BCUT2D eigenvalue weighted by Gasteiger charge is 2.29. The third kappa shape index (κ3) is 2.53. The molecule has 1 atom stereocenters. The van der Waals surface area contributed by atoms with Crippen LogP contribution in [-0.2, 0) is 0 Å². The van der Waals surface area contributed by atoms with Crippen LogP contribution in [0.25, 0.3) is 0 Å². The average Bonchev–Trinajstić information content (AvgIpc) is 2.65. The second-order valence-corrected chi connectivity index (χ2v) is 4.61. The van der Waals surface area contributed by atoms with Gasteiger partial charge in [0.2, 0.25) is 0 Å². The number of hydrogen-bond donors (Lipinski definition) is 1. The zero-order valence-electron chi connectivity index (χ0n) is 8.73. The molecule has 2 aliphatic rings. The molecule has 0 saturated carbocycles. The van der Waals surface area contributed by atoms with E-state index < -0.39 is 0 Å². The minimum Gasteiger partial charge on any atom is -0.298 e. The zero-order valence-corrected chi connectivity index (χ0v) is 9.62. The molecule has 0 N–H and O–H groups in total. The molecule has 2 heterocycles. The monoisotopic (exact) mass is 212 g/mol. The standard InChI is InChI=1S/C11H20N2S/c14-9-2-1-5-12-7-8-13-6-3-4-11(13)10-12/h1-2,11,14H,3-10H2. The summed E-state index contributed by atoms with van der Waals surface area (Å²) in [5, 5.41) is 0. The van der Waals surface area contributed by atoms with Crippen molar-refractivity contribution in [2.45, 2.75) is 18.9 Å². The molecule has 2 nitrogen and oxygen atoms in total. The van der Waals surface area contributed by atoms with E-state index in [1.54, 1.807) is 0 Å². The van der Waals surface area contributed by atoms with Crippen LogP contribution >= 0.6 is 12.6 Å². The molecule has 2 rings (SSSR count). The number of fused-ring (bicyclic) bond motifs is 1. The third-order valence-electron chi connectivity index (χ3n) is 3.31. The molecule has 1 unspecified atom stereocenters. The van der Waals surface area contributed by atoms with Crippen molar-refractivity contribution < 1.29 is 0 Å². The summed E-state index contributed by atoms with van der Waals surface area (Å²) >= 11 is 4.17. The first kappa shape index (κ1) is 10.5. The third-order valence-corrected chi connectivity index (χ3v) is 3.52. The van der Waals surface area contributed by atoms with Crippen LogP contribution in [0, 0.1) is 0 Å². The van der Waals surface area contributed by atoms with Crippen molar-refractivity contribution in [2.24, 2.45) is 0 Å². The Bertz CT molecular complexity index is 205. The first-order valence-corrected chi connectivity index (χ1v) is 6.25.